The van der Waals surface area contributed by atoms with Crippen molar-refractivity contribution in [2.75, 3.05) is 45.8 Å². The molecular formula is C29H45N5O2. The topological polar surface area (TPSA) is 67.9 Å². The highest BCUT2D eigenvalue weighted by atomic mass is 16.2. The van der Waals surface area contributed by atoms with Gasteiger partial charge in [-0.2, -0.15) is 0 Å². The molecule has 2 N–H and O–H groups in total. The first kappa shape index (κ1) is 26.5. The lowest BCUT2D eigenvalue weighted by Crippen LogP contribution is -2.56. The Bertz CT molecular complexity index is 944. The Hall–Kier alpha value is -2.54. The standard InChI is InChI=1S/C29H45N5O2/c1-28(2,3)31-27(36)33-16-13-32(14-17-33)15-18-34(26(35)30-20-22-9-7-6-8-10-22)21-23-11-12-24-19-25(23)29(24,4)5/h6-11,24-25H,12-21H2,1-5H3,(H,30,35)(H,31,36). The van der Waals surface area contributed by atoms with Crippen LogP contribution in [0, 0.1) is 17.3 Å². The summed E-state index contributed by atoms with van der Waals surface area (Å²) in [5.74, 6) is 1.38. The van der Waals surface area contributed by atoms with Gasteiger partial charge in [0, 0.05) is 57.9 Å². The van der Waals surface area contributed by atoms with Crippen LogP contribution in [0.1, 0.15) is 53.0 Å². The predicted octanol–water partition coefficient (Wildman–Crippen LogP) is 4.32. The zero-order chi connectivity index (χ0) is 25.9. The molecule has 4 amide bonds. The van der Waals surface area contributed by atoms with Gasteiger partial charge >= 0.3 is 12.1 Å². The molecule has 2 fully saturated rings. The summed E-state index contributed by atoms with van der Waals surface area (Å²) in [7, 11) is 0. The third-order valence-corrected chi connectivity index (χ3v) is 8.36. The van der Waals surface area contributed by atoms with Crippen LogP contribution in [0.25, 0.3) is 0 Å². The van der Waals surface area contributed by atoms with Gasteiger partial charge in [0.25, 0.3) is 0 Å². The number of benzene rings is 1. The quantitative estimate of drug-likeness (QED) is 0.554. The number of hydrogen-bond donors (Lipinski definition) is 2. The average molecular weight is 496 g/mol. The summed E-state index contributed by atoms with van der Waals surface area (Å²) < 4.78 is 0. The summed E-state index contributed by atoms with van der Waals surface area (Å²) in [4.78, 5) is 32.1. The summed E-state index contributed by atoms with van der Waals surface area (Å²) in [5.41, 5.74) is 2.65. The van der Waals surface area contributed by atoms with Crippen LogP contribution in [0.2, 0.25) is 0 Å². The van der Waals surface area contributed by atoms with Gasteiger partial charge in [0.1, 0.15) is 0 Å². The maximum atomic E-state index is 13.3. The number of allylic oxidation sites excluding steroid dienone is 1. The molecule has 7 nitrogen and oxygen atoms in total. The van der Waals surface area contributed by atoms with Crippen LogP contribution in [0.5, 0.6) is 0 Å². The first-order valence-electron chi connectivity index (χ1n) is 13.6. The van der Waals surface area contributed by atoms with Crippen molar-refractivity contribution >= 4 is 12.1 Å². The highest BCUT2D eigenvalue weighted by Crippen LogP contribution is 2.59. The Morgan fingerprint density at radius 3 is 2.39 bits per heavy atom. The van der Waals surface area contributed by atoms with Gasteiger partial charge in [-0.25, -0.2) is 9.59 Å². The van der Waals surface area contributed by atoms with Gasteiger partial charge in [-0.05, 0) is 56.4 Å². The summed E-state index contributed by atoms with van der Waals surface area (Å²) in [5, 5.41) is 6.21. The second kappa shape index (κ2) is 10.8. The van der Waals surface area contributed by atoms with Crippen LogP contribution in [0.15, 0.2) is 42.0 Å². The molecule has 1 aliphatic heterocycles. The van der Waals surface area contributed by atoms with Gasteiger partial charge in [-0.3, -0.25) is 4.90 Å². The van der Waals surface area contributed by atoms with Gasteiger partial charge in [0.2, 0.25) is 0 Å². The maximum Gasteiger partial charge on any atom is 0.318 e. The van der Waals surface area contributed by atoms with E-state index in [0.29, 0.717) is 44.1 Å². The Morgan fingerprint density at radius 2 is 1.78 bits per heavy atom. The number of urea groups is 2. The van der Waals surface area contributed by atoms with Crippen LogP contribution in [-0.4, -0.2) is 78.1 Å². The van der Waals surface area contributed by atoms with E-state index >= 15 is 0 Å². The molecule has 0 aromatic heterocycles. The number of piperazine rings is 1. The highest BCUT2D eigenvalue weighted by Gasteiger charge is 2.51. The molecule has 1 saturated heterocycles. The number of nitrogens with one attached hydrogen (secondary N) is 2. The fraction of sp³-hybridized carbons (Fsp3) is 0.655. The number of carbonyl (C=O) groups excluding carboxylic acids is 2. The Morgan fingerprint density at radius 1 is 1.08 bits per heavy atom. The molecular weight excluding hydrogens is 450 g/mol. The monoisotopic (exact) mass is 495 g/mol. The first-order valence-corrected chi connectivity index (χ1v) is 13.6. The zero-order valence-corrected chi connectivity index (χ0v) is 22.8. The highest BCUT2D eigenvalue weighted by molar-refractivity contribution is 5.75. The molecule has 7 heteroatoms. The average Bonchev–Trinajstić information content (AvgIpc) is 2.85. The lowest BCUT2D eigenvalue weighted by molar-refractivity contribution is -0.00983. The van der Waals surface area contributed by atoms with Gasteiger partial charge in [-0.1, -0.05) is 55.8 Å². The van der Waals surface area contributed by atoms with Crippen LogP contribution in [-0.2, 0) is 6.54 Å². The Balaban J connectivity index is 1.33. The second-order valence-corrected chi connectivity index (χ2v) is 12.4. The molecule has 1 aromatic carbocycles. The Labute approximate surface area is 217 Å². The third-order valence-electron chi connectivity index (χ3n) is 8.36. The van der Waals surface area contributed by atoms with Crippen molar-refractivity contribution in [3.63, 3.8) is 0 Å². The molecule has 1 aromatic rings. The summed E-state index contributed by atoms with van der Waals surface area (Å²) in [6.45, 7) is 16.6. The van der Waals surface area contributed by atoms with E-state index in [1.54, 1.807) is 0 Å². The molecule has 1 saturated carbocycles. The van der Waals surface area contributed by atoms with Crippen molar-refractivity contribution in [1.82, 2.24) is 25.3 Å². The molecule has 36 heavy (non-hydrogen) atoms. The van der Waals surface area contributed by atoms with Crippen molar-refractivity contribution in [2.24, 2.45) is 17.3 Å². The summed E-state index contributed by atoms with van der Waals surface area (Å²) in [6, 6.07) is 10.1. The van der Waals surface area contributed by atoms with E-state index in [1.807, 2.05) is 60.9 Å². The van der Waals surface area contributed by atoms with E-state index in [0.717, 1.165) is 37.5 Å². The van der Waals surface area contributed by atoms with E-state index in [-0.39, 0.29) is 17.6 Å². The zero-order valence-electron chi connectivity index (χ0n) is 22.8. The first-order chi connectivity index (χ1) is 17.0. The minimum absolute atomic E-state index is 0.00203. The molecule has 198 valence electrons. The second-order valence-electron chi connectivity index (χ2n) is 12.4. The Kier molecular flexibility index (Phi) is 7.98. The molecule has 2 unspecified atom stereocenters. The van der Waals surface area contributed by atoms with Crippen molar-refractivity contribution < 1.29 is 9.59 Å². The molecule has 2 atom stereocenters. The number of amides is 4. The fourth-order valence-electron chi connectivity index (χ4n) is 5.85. The molecule has 3 aliphatic carbocycles. The number of carbonyl (C=O) groups is 2. The van der Waals surface area contributed by atoms with E-state index in [1.165, 1.54) is 12.0 Å². The number of nitrogens with zero attached hydrogens (tertiary/aromatic N) is 3. The van der Waals surface area contributed by atoms with Crippen LogP contribution in [0.3, 0.4) is 0 Å². The lowest BCUT2D eigenvalue weighted by atomic mass is 9.49. The number of hydrogen-bond acceptors (Lipinski definition) is 3. The van der Waals surface area contributed by atoms with Crippen molar-refractivity contribution in [3.05, 3.63) is 47.5 Å². The van der Waals surface area contributed by atoms with Crippen molar-refractivity contribution in [1.29, 1.82) is 0 Å². The summed E-state index contributed by atoms with van der Waals surface area (Å²) >= 11 is 0. The predicted molar refractivity (Wildman–Crippen MR) is 145 cm³/mol. The van der Waals surface area contributed by atoms with Gasteiger partial charge in [-0.15, -0.1) is 0 Å². The molecule has 0 spiro atoms. The van der Waals surface area contributed by atoms with Crippen LogP contribution in [0.4, 0.5) is 9.59 Å². The molecule has 0 radical (unpaired) electrons. The lowest BCUT2D eigenvalue weighted by Gasteiger charge is -2.57. The molecule has 2 bridgehead atoms. The normalized spacial score (nSPS) is 23.4. The maximum absolute atomic E-state index is 13.3. The molecule has 4 aliphatic rings. The van der Waals surface area contributed by atoms with E-state index in [4.69, 9.17) is 0 Å². The van der Waals surface area contributed by atoms with Gasteiger partial charge in [0.05, 0.1) is 0 Å². The summed E-state index contributed by atoms with van der Waals surface area (Å²) in [6.07, 6.45) is 4.79. The van der Waals surface area contributed by atoms with Gasteiger partial charge < -0.3 is 20.4 Å². The molecule has 5 rings (SSSR count). The van der Waals surface area contributed by atoms with Crippen molar-refractivity contribution in [3.8, 4) is 0 Å². The minimum Gasteiger partial charge on any atom is -0.334 e. The SMILES string of the molecule is CC(C)(C)NC(=O)N1CCN(CCN(CC2=CCC3CC2C3(C)C)C(=O)NCc2ccccc2)CC1. The van der Waals surface area contributed by atoms with Crippen molar-refractivity contribution in [2.45, 2.75) is 59.5 Å². The van der Waals surface area contributed by atoms with Gasteiger partial charge in [0.15, 0.2) is 0 Å². The fourth-order valence-corrected chi connectivity index (χ4v) is 5.85. The minimum atomic E-state index is -0.231. The third kappa shape index (κ3) is 6.41. The van der Waals surface area contributed by atoms with Crippen LogP contribution < -0.4 is 10.6 Å². The van der Waals surface area contributed by atoms with E-state index in [9.17, 15) is 9.59 Å². The van der Waals surface area contributed by atoms with Crippen LogP contribution >= 0.6 is 0 Å². The number of fused-ring (bicyclic) bond motifs is 1. The molecule has 1 heterocycles. The largest absolute Gasteiger partial charge is 0.334 e. The van der Waals surface area contributed by atoms with E-state index < -0.39 is 0 Å². The van der Waals surface area contributed by atoms with E-state index in [2.05, 4.69) is 35.5 Å². The number of rotatable bonds is 7. The smallest absolute Gasteiger partial charge is 0.318 e.